The molecule has 1 N–H and O–H groups in total. The Bertz CT molecular complexity index is 1470. The second-order valence-corrected chi connectivity index (χ2v) is 11.4. The van der Waals surface area contributed by atoms with Gasteiger partial charge in [-0.2, -0.15) is 13.2 Å². The Morgan fingerprint density at radius 1 is 1.16 bits per heavy atom. The van der Waals surface area contributed by atoms with Gasteiger partial charge in [-0.15, -0.1) is 0 Å². The number of piperidine rings is 1. The second kappa shape index (κ2) is 13.0. The zero-order valence-electron chi connectivity index (χ0n) is 25.5. The Morgan fingerprint density at radius 3 is 2.57 bits per heavy atom. The van der Waals surface area contributed by atoms with Crippen LogP contribution >= 0.6 is 0 Å². The summed E-state index contributed by atoms with van der Waals surface area (Å²) in [7, 11) is 1.30. The van der Waals surface area contributed by atoms with Gasteiger partial charge in [0.25, 0.3) is 0 Å². The summed E-state index contributed by atoms with van der Waals surface area (Å²) in [6, 6.07) is 10.8. The van der Waals surface area contributed by atoms with Gasteiger partial charge in [-0.25, -0.2) is 9.97 Å². The Kier molecular flexibility index (Phi) is 9.28. The molecule has 5 heterocycles. The number of amides is 1. The number of ether oxygens (including phenoxy) is 2. The number of methoxy groups -OCH3 is 1. The van der Waals surface area contributed by atoms with Crippen molar-refractivity contribution >= 4 is 12.1 Å². The van der Waals surface area contributed by atoms with Gasteiger partial charge in [-0.3, -0.25) is 9.78 Å². The van der Waals surface area contributed by atoms with Gasteiger partial charge in [0.2, 0.25) is 18.2 Å². The SMILES string of the molecule is CCOc1ncccc1-c1ccc(C2(CN(C=O)C3CNC3)CCN(c3ccc(OC)nc3C(F)(F)F)CC2CC)c(C)n1. The standard InChI is InChI=1S/C32H39F3N6O3/c1-5-22-18-40(27-11-12-28(43-4)39-29(27)32(33,34)35)15-13-31(22,19-41(20-42)23-16-36-17-23)25-9-10-26(38-21(25)3)24-8-7-14-37-30(24)44-6-2/h7-12,14,20,22-23,36H,5-6,13,15-19H2,1-4H3. The zero-order chi connectivity index (χ0) is 31.5. The highest BCUT2D eigenvalue weighted by atomic mass is 19.4. The summed E-state index contributed by atoms with van der Waals surface area (Å²) in [6.45, 7) is 8.96. The first-order valence-corrected chi connectivity index (χ1v) is 15.0. The minimum Gasteiger partial charge on any atom is -0.481 e. The molecule has 0 aromatic carbocycles. The number of alkyl halides is 3. The third-order valence-corrected chi connectivity index (χ3v) is 8.99. The van der Waals surface area contributed by atoms with Gasteiger partial charge in [0, 0.05) is 56.1 Å². The molecule has 0 radical (unpaired) electrons. The summed E-state index contributed by atoms with van der Waals surface area (Å²) in [5.41, 5.74) is 1.84. The summed E-state index contributed by atoms with van der Waals surface area (Å²) in [5.74, 6) is 0.332. The van der Waals surface area contributed by atoms with Crippen molar-refractivity contribution in [1.29, 1.82) is 0 Å². The molecule has 2 atom stereocenters. The largest absolute Gasteiger partial charge is 0.481 e. The lowest BCUT2D eigenvalue weighted by Gasteiger charge is -2.52. The molecular weight excluding hydrogens is 573 g/mol. The van der Waals surface area contributed by atoms with Crippen LogP contribution in [0.1, 0.15) is 43.6 Å². The molecule has 1 amide bonds. The van der Waals surface area contributed by atoms with Gasteiger partial charge in [0.15, 0.2) is 5.69 Å². The Morgan fingerprint density at radius 2 is 1.95 bits per heavy atom. The highest BCUT2D eigenvalue weighted by molar-refractivity contribution is 5.65. The van der Waals surface area contributed by atoms with Gasteiger partial charge < -0.3 is 24.6 Å². The highest BCUT2D eigenvalue weighted by Gasteiger charge is 2.48. The van der Waals surface area contributed by atoms with Crippen molar-refractivity contribution in [2.24, 2.45) is 5.92 Å². The third-order valence-electron chi connectivity index (χ3n) is 8.99. The molecule has 2 saturated heterocycles. The average Bonchev–Trinajstić information content (AvgIpc) is 2.99. The van der Waals surface area contributed by atoms with E-state index in [0.29, 0.717) is 58.1 Å². The molecule has 0 bridgehead atoms. The van der Waals surface area contributed by atoms with E-state index in [4.69, 9.17) is 14.5 Å². The molecule has 0 aliphatic carbocycles. The number of nitrogens with zero attached hydrogens (tertiary/aromatic N) is 5. The van der Waals surface area contributed by atoms with Crippen molar-refractivity contribution in [2.75, 3.05) is 51.3 Å². The number of carbonyl (C=O) groups excluding carboxylic acids is 1. The van der Waals surface area contributed by atoms with Crippen LogP contribution in [0, 0.1) is 12.8 Å². The Labute approximate surface area is 255 Å². The predicted octanol–water partition coefficient (Wildman–Crippen LogP) is 4.88. The van der Waals surface area contributed by atoms with Gasteiger partial charge in [-0.05, 0) is 56.0 Å². The molecule has 236 valence electrons. The minimum atomic E-state index is -4.64. The van der Waals surface area contributed by atoms with Crippen molar-refractivity contribution < 1.29 is 27.4 Å². The molecule has 2 fully saturated rings. The fourth-order valence-corrected chi connectivity index (χ4v) is 6.63. The first-order valence-electron chi connectivity index (χ1n) is 15.0. The maximum absolute atomic E-state index is 14.2. The van der Waals surface area contributed by atoms with E-state index in [1.165, 1.54) is 19.2 Å². The first kappa shape index (κ1) is 31.5. The molecule has 12 heteroatoms. The number of rotatable bonds is 11. The first-order chi connectivity index (χ1) is 21.1. The fourth-order valence-electron chi connectivity index (χ4n) is 6.63. The fraction of sp³-hybridized carbons (Fsp3) is 0.500. The number of aromatic nitrogens is 3. The molecule has 5 rings (SSSR count). The third kappa shape index (κ3) is 6.04. The summed E-state index contributed by atoms with van der Waals surface area (Å²) >= 11 is 0. The van der Waals surface area contributed by atoms with Crippen LogP contribution in [0.2, 0.25) is 0 Å². The van der Waals surface area contributed by atoms with Gasteiger partial charge in [0.05, 0.1) is 36.7 Å². The van der Waals surface area contributed by atoms with Crippen LogP contribution in [0.25, 0.3) is 11.3 Å². The van der Waals surface area contributed by atoms with Gasteiger partial charge >= 0.3 is 6.18 Å². The van der Waals surface area contributed by atoms with E-state index in [0.717, 1.165) is 28.9 Å². The van der Waals surface area contributed by atoms with Crippen LogP contribution in [0.3, 0.4) is 0 Å². The minimum absolute atomic E-state index is 0.0333. The van der Waals surface area contributed by atoms with E-state index in [1.54, 1.807) is 11.1 Å². The van der Waals surface area contributed by atoms with Crippen LogP contribution in [0.4, 0.5) is 18.9 Å². The second-order valence-electron chi connectivity index (χ2n) is 11.4. The molecular formula is C32H39F3N6O3. The number of hydrogen-bond acceptors (Lipinski definition) is 8. The van der Waals surface area contributed by atoms with E-state index in [2.05, 4.69) is 28.3 Å². The van der Waals surface area contributed by atoms with E-state index in [9.17, 15) is 18.0 Å². The molecule has 9 nitrogen and oxygen atoms in total. The maximum atomic E-state index is 14.2. The normalized spacial score (nSPS) is 20.6. The van der Waals surface area contributed by atoms with Crippen LogP contribution in [0.15, 0.2) is 42.6 Å². The lowest BCUT2D eigenvalue weighted by atomic mass is 9.63. The van der Waals surface area contributed by atoms with Gasteiger partial charge in [0.1, 0.15) is 0 Å². The van der Waals surface area contributed by atoms with E-state index < -0.39 is 17.3 Å². The Balaban J connectivity index is 1.56. The number of anilines is 1. The molecule has 2 aliphatic rings. The molecule has 3 aromatic heterocycles. The molecule has 2 aliphatic heterocycles. The van der Waals surface area contributed by atoms with Crippen LogP contribution < -0.4 is 19.7 Å². The quantitative estimate of drug-likeness (QED) is 0.307. The number of nitrogens with one attached hydrogen (secondary N) is 1. The smallest absolute Gasteiger partial charge is 0.435 e. The number of halogens is 3. The predicted molar refractivity (Wildman–Crippen MR) is 161 cm³/mol. The molecule has 0 saturated carbocycles. The molecule has 44 heavy (non-hydrogen) atoms. The summed E-state index contributed by atoms with van der Waals surface area (Å²) < 4.78 is 53.2. The van der Waals surface area contributed by atoms with Crippen LogP contribution in [-0.4, -0.2) is 78.7 Å². The molecule has 3 aromatic rings. The van der Waals surface area contributed by atoms with Crippen molar-refractivity contribution in [3.8, 4) is 23.0 Å². The number of carbonyl (C=O) groups is 1. The number of hydrogen-bond donors (Lipinski definition) is 1. The average molecular weight is 613 g/mol. The van der Waals surface area contributed by atoms with Crippen LogP contribution in [-0.2, 0) is 16.4 Å². The van der Waals surface area contributed by atoms with E-state index in [-0.39, 0.29) is 23.5 Å². The lowest BCUT2D eigenvalue weighted by Crippen LogP contribution is -2.62. The topological polar surface area (TPSA) is 92.7 Å². The Hall–Kier alpha value is -3.93. The zero-order valence-corrected chi connectivity index (χ0v) is 25.5. The summed E-state index contributed by atoms with van der Waals surface area (Å²) in [6.07, 6.45) is -0.846. The van der Waals surface area contributed by atoms with Crippen molar-refractivity contribution in [2.45, 2.75) is 51.2 Å². The highest BCUT2D eigenvalue weighted by Crippen LogP contribution is 2.47. The van der Waals surface area contributed by atoms with Crippen molar-refractivity contribution in [3.63, 3.8) is 0 Å². The van der Waals surface area contributed by atoms with Crippen LogP contribution in [0.5, 0.6) is 11.8 Å². The number of aryl methyl sites for hydroxylation is 1. The lowest BCUT2D eigenvalue weighted by molar-refractivity contribution is -0.141. The van der Waals surface area contributed by atoms with Gasteiger partial charge in [-0.1, -0.05) is 19.4 Å². The molecule has 2 unspecified atom stereocenters. The summed E-state index contributed by atoms with van der Waals surface area (Å²) in [4.78, 5) is 29.2. The van der Waals surface area contributed by atoms with Crippen molar-refractivity contribution in [1.82, 2.24) is 25.2 Å². The van der Waals surface area contributed by atoms with E-state index in [1.807, 2.05) is 36.9 Å². The van der Waals surface area contributed by atoms with E-state index >= 15 is 0 Å². The summed E-state index contributed by atoms with van der Waals surface area (Å²) in [5, 5.41) is 3.24. The number of pyridine rings is 3. The maximum Gasteiger partial charge on any atom is 0.435 e. The monoisotopic (exact) mass is 612 g/mol. The van der Waals surface area contributed by atoms with Crippen molar-refractivity contribution in [3.05, 3.63) is 59.5 Å². The molecule has 0 spiro atoms.